The summed E-state index contributed by atoms with van der Waals surface area (Å²) < 4.78 is 11.8. The number of hydrogen-bond donors (Lipinski definition) is 1. The summed E-state index contributed by atoms with van der Waals surface area (Å²) in [6, 6.07) is 7.56. The van der Waals surface area contributed by atoms with Gasteiger partial charge in [-0.25, -0.2) is 4.79 Å². The van der Waals surface area contributed by atoms with Crippen LogP contribution in [-0.4, -0.2) is 29.2 Å². The number of hydrogen-bond acceptors (Lipinski definition) is 4. The summed E-state index contributed by atoms with van der Waals surface area (Å²) in [6.45, 7) is 0.276. The average Bonchev–Trinajstić information content (AvgIpc) is 3.35. The molecule has 1 heterocycles. The maximum Gasteiger partial charge on any atom is 0.432 e. The molecule has 0 bridgehead atoms. The topological polar surface area (TPSA) is 79.4 Å². The Labute approximate surface area is 145 Å². The Morgan fingerprint density at radius 2 is 2.00 bits per heavy atom. The number of rotatable bonds is 6. The average molecular weight is 344 g/mol. The van der Waals surface area contributed by atoms with Crippen LogP contribution in [0.1, 0.15) is 37.8 Å². The number of nitrogens with zero attached hydrogens (tertiary/aromatic N) is 2. The zero-order chi connectivity index (χ0) is 17.4. The van der Waals surface area contributed by atoms with E-state index in [4.69, 9.17) is 9.26 Å². The van der Waals surface area contributed by atoms with Crippen LogP contribution in [0, 0.1) is 5.92 Å². The molecule has 132 valence electrons. The normalized spacial score (nSPS) is 17.2. The van der Waals surface area contributed by atoms with Gasteiger partial charge in [0.2, 0.25) is 11.6 Å². The summed E-state index contributed by atoms with van der Waals surface area (Å²) in [6.07, 6.45) is 5.06. The molecule has 0 aliphatic heterocycles. The zero-order valence-corrected chi connectivity index (χ0v) is 14.2. The highest BCUT2D eigenvalue weighted by molar-refractivity contribution is 5.80. The molecule has 1 aromatic carbocycles. The summed E-state index contributed by atoms with van der Waals surface area (Å²) in [4.78, 5) is 26.8. The Morgan fingerprint density at radius 3 is 2.56 bits per heavy atom. The zero-order valence-electron chi connectivity index (χ0n) is 14.2. The van der Waals surface area contributed by atoms with E-state index in [-0.39, 0.29) is 24.4 Å². The maximum absolute atomic E-state index is 12.7. The van der Waals surface area contributed by atoms with Gasteiger partial charge in [-0.15, -0.1) is 0 Å². The van der Waals surface area contributed by atoms with Crippen molar-refractivity contribution in [1.82, 2.24) is 10.2 Å². The molecule has 0 atom stereocenters. The Bertz CT molecular complexity index is 816. The molecule has 2 aliphatic rings. The van der Waals surface area contributed by atoms with Crippen LogP contribution >= 0.6 is 0 Å². The molecule has 7 heteroatoms. The molecule has 0 unspecified atom stereocenters. The second-order valence-corrected chi connectivity index (χ2v) is 6.79. The molecular weight excluding hydrogens is 322 g/mol. The van der Waals surface area contributed by atoms with E-state index in [0.717, 1.165) is 43.5 Å². The number of amides is 1. The van der Waals surface area contributed by atoms with E-state index in [1.807, 2.05) is 29.2 Å². The molecule has 0 spiro atoms. The van der Waals surface area contributed by atoms with E-state index in [1.165, 1.54) is 0 Å². The fraction of sp³-hybridized carbons (Fsp3) is 0.500. The molecule has 2 fully saturated rings. The number of methoxy groups -OCH3 is 1. The van der Waals surface area contributed by atoms with Gasteiger partial charge in [-0.05, 0) is 47.8 Å². The van der Waals surface area contributed by atoms with Gasteiger partial charge in [-0.2, -0.15) is 0 Å². The van der Waals surface area contributed by atoms with Crippen LogP contribution in [-0.2, 0) is 11.3 Å². The molecule has 4 rings (SSSR count). The van der Waals surface area contributed by atoms with E-state index in [2.05, 4.69) is 5.27 Å². The first-order chi connectivity index (χ1) is 12.2. The molecule has 7 nitrogen and oxygen atoms in total. The van der Waals surface area contributed by atoms with Crippen molar-refractivity contribution in [3.8, 4) is 11.4 Å². The predicted octanol–water partition coefficient (Wildman–Crippen LogP) is 1.54. The Morgan fingerprint density at radius 1 is 1.28 bits per heavy atom. The highest BCUT2D eigenvalue weighted by Crippen LogP contribution is 2.34. The fourth-order valence-electron chi connectivity index (χ4n) is 3.19. The molecular formula is C18H22N3O4+. The van der Waals surface area contributed by atoms with Crippen molar-refractivity contribution in [2.75, 3.05) is 7.11 Å². The third kappa shape index (κ3) is 3.06. The SMILES string of the molecule is COc1ccc(-[n+]2[nH]oc(=O)c2CN(C(=O)C2CCC2)C2CC2)cc1. The van der Waals surface area contributed by atoms with E-state index in [1.54, 1.807) is 11.8 Å². The molecule has 0 saturated heterocycles. The quantitative estimate of drug-likeness (QED) is 0.806. The van der Waals surface area contributed by atoms with Gasteiger partial charge in [-0.3, -0.25) is 9.32 Å². The predicted molar refractivity (Wildman–Crippen MR) is 88.3 cm³/mol. The lowest BCUT2D eigenvalue weighted by Crippen LogP contribution is -2.46. The van der Waals surface area contributed by atoms with Crippen molar-refractivity contribution in [3.63, 3.8) is 0 Å². The van der Waals surface area contributed by atoms with Gasteiger partial charge >= 0.3 is 11.3 Å². The smallest absolute Gasteiger partial charge is 0.432 e. The molecule has 0 radical (unpaired) electrons. The van der Waals surface area contributed by atoms with Gasteiger partial charge in [0.15, 0.2) is 0 Å². The van der Waals surface area contributed by atoms with Crippen LogP contribution in [0.3, 0.4) is 0 Å². The van der Waals surface area contributed by atoms with E-state index in [9.17, 15) is 9.59 Å². The van der Waals surface area contributed by atoms with Crippen molar-refractivity contribution >= 4 is 5.91 Å². The van der Waals surface area contributed by atoms with Crippen LogP contribution < -0.4 is 15.0 Å². The van der Waals surface area contributed by atoms with Crippen molar-refractivity contribution in [2.24, 2.45) is 5.92 Å². The number of aromatic nitrogens is 2. The van der Waals surface area contributed by atoms with Crippen LogP contribution in [0.4, 0.5) is 0 Å². The van der Waals surface area contributed by atoms with Gasteiger partial charge < -0.3 is 9.64 Å². The fourth-order valence-corrected chi connectivity index (χ4v) is 3.19. The first-order valence-electron chi connectivity index (χ1n) is 8.74. The number of H-pyrrole nitrogens is 1. The van der Waals surface area contributed by atoms with E-state index >= 15 is 0 Å². The molecule has 1 N–H and O–H groups in total. The highest BCUT2D eigenvalue weighted by atomic mass is 16.5. The molecule has 2 saturated carbocycles. The lowest BCUT2D eigenvalue weighted by atomic mass is 9.84. The van der Waals surface area contributed by atoms with E-state index < -0.39 is 5.63 Å². The monoisotopic (exact) mass is 344 g/mol. The van der Waals surface area contributed by atoms with Gasteiger partial charge in [-0.1, -0.05) is 6.42 Å². The van der Waals surface area contributed by atoms with Crippen LogP contribution in [0.2, 0.25) is 0 Å². The van der Waals surface area contributed by atoms with Crippen LogP contribution in [0.15, 0.2) is 33.6 Å². The van der Waals surface area contributed by atoms with Gasteiger partial charge in [0, 0.05) is 24.1 Å². The lowest BCUT2D eigenvalue weighted by molar-refractivity contribution is -0.678. The van der Waals surface area contributed by atoms with Crippen molar-refractivity contribution < 1.29 is 18.7 Å². The summed E-state index contributed by atoms with van der Waals surface area (Å²) in [7, 11) is 1.60. The van der Waals surface area contributed by atoms with Crippen molar-refractivity contribution in [1.29, 1.82) is 0 Å². The first kappa shape index (κ1) is 15.9. The summed E-state index contributed by atoms with van der Waals surface area (Å²) in [5.74, 6) is 1.04. The Kier molecular flexibility index (Phi) is 4.07. The number of nitrogens with one attached hydrogen (secondary N) is 1. The second kappa shape index (κ2) is 6.38. The maximum atomic E-state index is 12.7. The minimum Gasteiger partial charge on any atom is -0.497 e. The molecule has 1 aromatic heterocycles. The minimum absolute atomic E-state index is 0.126. The highest BCUT2D eigenvalue weighted by Gasteiger charge is 2.40. The van der Waals surface area contributed by atoms with Gasteiger partial charge in [0.25, 0.3) is 0 Å². The molecule has 2 aromatic rings. The van der Waals surface area contributed by atoms with Gasteiger partial charge in [0.05, 0.1) is 7.11 Å². The van der Waals surface area contributed by atoms with Crippen molar-refractivity contribution in [3.05, 3.63) is 40.4 Å². The van der Waals surface area contributed by atoms with Crippen molar-refractivity contribution in [2.45, 2.75) is 44.7 Å². The largest absolute Gasteiger partial charge is 0.497 e. The minimum atomic E-state index is -0.442. The third-order valence-electron chi connectivity index (χ3n) is 5.11. The molecule has 25 heavy (non-hydrogen) atoms. The van der Waals surface area contributed by atoms with Crippen LogP contribution in [0.25, 0.3) is 5.69 Å². The number of aromatic amines is 1. The molecule has 2 aliphatic carbocycles. The number of carbonyl (C=O) groups is 1. The number of carbonyl (C=O) groups excluding carboxylic acids is 1. The lowest BCUT2D eigenvalue weighted by Gasteiger charge is -2.30. The summed E-state index contributed by atoms with van der Waals surface area (Å²) in [5, 5.41) is 2.64. The number of benzene rings is 1. The van der Waals surface area contributed by atoms with E-state index in [0.29, 0.717) is 5.69 Å². The van der Waals surface area contributed by atoms with Gasteiger partial charge in [0.1, 0.15) is 12.3 Å². The van der Waals surface area contributed by atoms with Crippen LogP contribution in [0.5, 0.6) is 5.75 Å². The Hall–Kier alpha value is -2.57. The third-order valence-corrected chi connectivity index (χ3v) is 5.11. The second-order valence-electron chi connectivity index (χ2n) is 6.79. The standard InChI is InChI=1S/C18H21N3O4/c1-24-15-9-7-14(8-10-15)21-16(18(23)25-19-21)11-20(13-5-6-13)17(22)12-3-2-4-12/h7-10,12-13H,2-6,11H2,1H3/p+1. The number of ether oxygens (including phenoxy) is 1. The molecule has 1 amide bonds. The summed E-state index contributed by atoms with van der Waals surface area (Å²) in [5.41, 5.74) is 0.751. The summed E-state index contributed by atoms with van der Waals surface area (Å²) >= 11 is 0. The first-order valence-corrected chi connectivity index (χ1v) is 8.74. The Balaban J connectivity index is 1.61.